The number of carbonyl (C=O) groups excluding carboxylic acids is 2. The SMILES string of the molecule is O=C(O)CNC=C1C=CC=CC1=O.O=C(O)CNC=C1C=CC=CC1=O.[Fe]. The topological polar surface area (TPSA) is 133 Å². The second-order valence-corrected chi connectivity index (χ2v) is 4.91. The largest absolute Gasteiger partial charge is 0.480 e. The zero-order valence-electron chi connectivity index (χ0n) is 14.1. The third kappa shape index (κ3) is 10.4. The Balaban J connectivity index is 0.000000483. The summed E-state index contributed by atoms with van der Waals surface area (Å²) in [5, 5.41) is 21.6. The third-order valence-corrected chi connectivity index (χ3v) is 2.86. The average molecular weight is 414 g/mol. The van der Waals surface area contributed by atoms with E-state index < -0.39 is 11.9 Å². The molecular weight excluding hydrogens is 396 g/mol. The number of carbonyl (C=O) groups is 4. The van der Waals surface area contributed by atoms with E-state index in [0.29, 0.717) is 11.1 Å². The van der Waals surface area contributed by atoms with Crippen LogP contribution in [0.4, 0.5) is 0 Å². The summed E-state index contributed by atoms with van der Waals surface area (Å²) in [7, 11) is 0. The van der Waals surface area contributed by atoms with Crippen LogP contribution in [-0.2, 0) is 36.2 Å². The van der Waals surface area contributed by atoms with Gasteiger partial charge < -0.3 is 20.8 Å². The monoisotopic (exact) mass is 414 g/mol. The Bertz CT molecular complexity index is 696. The number of carboxylic acids is 2. The van der Waals surface area contributed by atoms with Crippen LogP contribution in [0, 0.1) is 0 Å². The van der Waals surface area contributed by atoms with Crippen LogP contribution in [0.25, 0.3) is 0 Å². The van der Waals surface area contributed by atoms with Crippen molar-refractivity contribution < 1.29 is 46.5 Å². The maximum Gasteiger partial charge on any atom is 0.322 e. The first-order valence-electron chi connectivity index (χ1n) is 7.49. The zero-order chi connectivity index (χ0) is 19.4. The molecule has 2 aliphatic carbocycles. The van der Waals surface area contributed by atoms with Crippen LogP contribution in [0.1, 0.15) is 0 Å². The van der Waals surface area contributed by atoms with E-state index >= 15 is 0 Å². The number of aliphatic carboxylic acids is 2. The van der Waals surface area contributed by atoms with E-state index in [0.717, 1.165) is 0 Å². The van der Waals surface area contributed by atoms with Gasteiger partial charge in [-0.15, -0.1) is 0 Å². The van der Waals surface area contributed by atoms with Gasteiger partial charge >= 0.3 is 11.9 Å². The van der Waals surface area contributed by atoms with Gasteiger partial charge in [-0.1, -0.05) is 24.3 Å². The van der Waals surface area contributed by atoms with Gasteiger partial charge in [0, 0.05) is 40.6 Å². The number of rotatable bonds is 6. The number of hydrogen-bond donors (Lipinski definition) is 4. The average Bonchev–Trinajstić information content (AvgIpc) is 2.58. The summed E-state index contributed by atoms with van der Waals surface area (Å²) in [5.74, 6) is -2.17. The summed E-state index contributed by atoms with van der Waals surface area (Å²) in [6.07, 6.45) is 15.6. The molecular formula is C18H18FeN2O6. The maximum absolute atomic E-state index is 11.1. The molecule has 2 rings (SSSR count). The molecule has 0 heterocycles. The molecule has 0 aromatic rings. The quantitative estimate of drug-likeness (QED) is 0.365. The molecule has 9 heteroatoms. The third-order valence-electron chi connectivity index (χ3n) is 2.86. The predicted molar refractivity (Wildman–Crippen MR) is 94.0 cm³/mol. The Hall–Kier alpha value is -3.16. The fourth-order valence-corrected chi connectivity index (χ4v) is 1.70. The smallest absolute Gasteiger partial charge is 0.322 e. The molecule has 0 radical (unpaired) electrons. The van der Waals surface area contributed by atoms with Gasteiger partial charge in [0.2, 0.25) is 0 Å². The van der Waals surface area contributed by atoms with Gasteiger partial charge in [-0.3, -0.25) is 19.2 Å². The number of allylic oxidation sites excluding steroid dienone is 10. The van der Waals surface area contributed by atoms with E-state index in [1.165, 1.54) is 24.6 Å². The van der Waals surface area contributed by atoms with Crippen LogP contribution in [0.15, 0.2) is 72.2 Å². The van der Waals surface area contributed by atoms with Gasteiger partial charge in [0.1, 0.15) is 13.1 Å². The molecule has 0 saturated heterocycles. The molecule has 0 bridgehead atoms. The summed E-state index contributed by atoms with van der Waals surface area (Å²) < 4.78 is 0. The first kappa shape index (κ1) is 23.8. The van der Waals surface area contributed by atoms with E-state index in [1.807, 2.05) is 0 Å². The summed E-state index contributed by atoms with van der Waals surface area (Å²) in [5.41, 5.74) is 0.924. The maximum atomic E-state index is 11.1. The number of nitrogens with one attached hydrogen (secondary N) is 2. The summed E-state index contributed by atoms with van der Waals surface area (Å²) >= 11 is 0. The first-order valence-corrected chi connectivity index (χ1v) is 7.49. The van der Waals surface area contributed by atoms with Crippen LogP contribution >= 0.6 is 0 Å². The van der Waals surface area contributed by atoms with Crippen LogP contribution in [-0.4, -0.2) is 46.8 Å². The molecule has 8 nitrogen and oxygen atoms in total. The van der Waals surface area contributed by atoms with Crippen molar-refractivity contribution >= 4 is 23.5 Å². The molecule has 0 aromatic heterocycles. The number of carboxylic acid groups (broad SMARTS) is 2. The second-order valence-electron chi connectivity index (χ2n) is 4.91. The van der Waals surface area contributed by atoms with Gasteiger partial charge in [0.15, 0.2) is 11.6 Å². The number of ketones is 2. The van der Waals surface area contributed by atoms with E-state index in [2.05, 4.69) is 10.6 Å². The van der Waals surface area contributed by atoms with E-state index in [-0.39, 0.29) is 41.7 Å². The molecule has 0 aromatic carbocycles. The Morgan fingerprint density at radius 1 is 0.741 bits per heavy atom. The molecule has 0 aliphatic heterocycles. The Morgan fingerprint density at radius 2 is 1.07 bits per heavy atom. The van der Waals surface area contributed by atoms with Crippen molar-refractivity contribution in [3.63, 3.8) is 0 Å². The summed E-state index contributed by atoms with van der Waals surface area (Å²) in [6, 6.07) is 0. The molecule has 144 valence electrons. The van der Waals surface area contributed by atoms with Crippen molar-refractivity contribution in [2.24, 2.45) is 0 Å². The van der Waals surface area contributed by atoms with Crippen molar-refractivity contribution in [3.8, 4) is 0 Å². The molecule has 0 spiro atoms. The minimum absolute atomic E-state index is 0. The predicted octanol–water partition coefficient (Wildman–Crippen LogP) is 0.477. The van der Waals surface area contributed by atoms with Crippen molar-refractivity contribution in [2.45, 2.75) is 0 Å². The fraction of sp³-hybridized carbons (Fsp3) is 0.111. The summed E-state index contributed by atoms with van der Waals surface area (Å²) in [6.45, 7) is -0.372. The van der Waals surface area contributed by atoms with Gasteiger partial charge in [-0.2, -0.15) is 0 Å². The van der Waals surface area contributed by atoms with Gasteiger partial charge in [0.05, 0.1) is 0 Å². The minimum atomic E-state index is -0.959. The Labute approximate surface area is 166 Å². The molecule has 0 atom stereocenters. The Morgan fingerprint density at radius 3 is 1.37 bits per heavy atom. The molecule has 4 N–H and O–H groups in total. The Kier molecular flexibility index (Phi) is 11.6. The van der Waals surface area contributed by atoms with Crippen molar-refractivity contribution in [1.29, 1.82) is 0 Å². The van der Waals surface area contributed by atoms with Gasteiger partial charge in [-0.25, -0.2) is 0 Å². The molecule has 2 aliphatic rings. The van der Waals surface area contributed by atoms with E-state index in [4.69, 9.17) is 10.2 Å². The van der Waals surface area contributed by atoms with Crippen LogP contribution < -0.4 is 10.6 Å². The van der Waals surface area contributed by atoms with Crippen molar-refractivity contribution in [2.75, 3.05) is 13.1 Å². The molecule has 0 fully saturated rings. The fourth-order valence-electron chi connectivity index (χ4n) is 1.70. The molecule has 0 saturated carbocycles. The standard InChI is InChI=1S/2C9H9NO3.Fe/c2*11-8-4-2-1-3-7(8)5-10-6-9(12)13;/h2*1-5,10H,6H2,(H,12,13);. The van der Waals surface area contributed by atoms with E-state index in [1.54, 1.807) is 36.5 Å². The van der Waals surface area contributed by atoms with E-state index in [9.17, 15) is 19.2 Å². The number of hydrogen-bond acceptors (Lipinski definition) is 6. The van der Waals surface area contributed by atoms with Crippen LogP contribution in [0.2, 0.25) is 0 Å². The normalized spacial score (nSPS) is 17.2. The van der Waals surface area contributed by atoms with Crippen LogP contribution in [0.5, 0.6) is 0 Å². The molecule has 0 amide bonds. The van der Waals surface area contributed by atoms with Crippen molar-refractivity contribution in [1.82, 2.24) is 10.6 Å². The second kappa shape index (κ2) is 13.1. The molecule has 0 unspecified atom stereocenters. The first-order chi connectivity index (χ1) is 12.4. The minimum Gasteiger partial charge on any atom is -0.480 e. The molecule has 27 heavy (non-hydrogen) atoms. The van der Waals surface area contributed by atoms with Crippen LogP contribution in [0.3, 0.4) is 0 Å². The van der Waals surface area contributed by atoms with Gasteiger partial charge in [-0.05, 0) is 24.3 Å². The van der Waals surface area contributed by atoms with Gasteiger partial charge in [0.25, 0.3) is 0 Å². The summed E-state index contributed by atoms with van der Waals surface area (Å²) in [4.78, 5) is 42.4. The van der Waals surface area contributed by atoms with Crippen molar-refractivity contribution in [3.05, 3.63) is 72.2 Å². The zero-order valence-corrected chi connectivity index (χ0v) is 15.2.